The molecule has 1 N–H and O–H groups in total. The Labute approximate surface area is 171 Å². The van der Waals surface area contributed by atoms with Crippen molar-refractivity contribution in [1.82, 2.24) is 10.2 Å². The number of aryl methyl sites for hydroxylation is 1. The largest absolute Gasteiger partial charge is 0.453 e. The molecule has 4 rings (SSSR count). The maximum atomic E-state index is 12.4. The molecule has 0 saturated heterocycles. The first-order valence-corrected chi connectivity index (χ1v) is 10.0. The average molecular weight is 409 g/mol. The number of hydrogen-bond donors (Lipinski definition) is 1. The zero-order valence-electron chi connectivity index (χ0n) is 15.9. The summed E-state index contributed by atoms with van der Waals surface area (Å²) in [5.41, 5.74) is 2.68. The quantitative estimate of drug-likeness (QED) is 0.633. The van der Waals surface area contributed by atoms with E-state index in [-0.39, 0.29) is 18.2 Å². The molecule has 0 unspecified atom stereocenters. The molecule has 0 saturated carbocycles. The molecule has 1 aliphatic heterocycles. The number of ether oxygens (including phenoxy) is 1. The first-order valence-electron chi connectivity index (χ1n) is 9.16. The number of anilines is 1. The SMILES string of the molecule is Cc1ccc(-c2nnc([C@H](C)OC(=O)C[C@H]3Sc4ccccc4NC3=O)o2)cc1. The van der Waals surface area contributed by atoms with Gasteiger partial charge in [-0.3, -0.25) is 9.59 Å². The van der Waals surface area contributed by atoms with E-state index in [1.165, 1.54) is 11.8 Å². The van der Waals surface area contributed by atoms with E-state index in [9.17, 15) is 9.59 Å². The zero-order chi connectivity index (χ0) is 20.4. The van der Waals surface area contributed by atoms with Crippen LogP contribution < -0.4 is 5.32 Å². The Morgan fingerprint density at radius 1 is 1.21 bits per heavy atom. The van der Waals surface area contributed by atoms with E-state index in [2.05, 4.69) is 15.5 Å². The second kappa shape index (κ2) is 8.08. The van der Waals surface area contributed by atoms with Crippen molar-refractivity contribution >= 4 is 29.3 Å². The minimum absolute atomic E-state index is 0.0475. The monoisotopic (exact) mass is 409 g/mol. The number of para-hydroxylation sites is 1. The normalized spacial score (nSPS) is 16.6. The minimum Gasteiger partial charge on any atom is -0.453 e. The molecular weight excluding hydrogens is 390 g/mol. The number of carbonyl (C=O) groups is 2. The number of nitrogens with zero attached hydrogens (tertiary/aromatic N) is 2. The van der Waals surface area contributed by atoms with Gasteiger partial charge in [-0.2, -0.15) is 0 Å². The molecule has 7 nitrogen and oxygen atoms in total. The number of amides is 1. The molecule has 3 aromatic rings. The van der Waals surface area contributed by atoms with Crippen LogP contribution in [0.2, 0.25) is 0 Å². The van der Waals surface area contributed by atoms with Crippen molar-refractivity contribution in [3.8, 4) is 11.5 Å². The number of hydrogen-bond acceptors (Lipinski definition) is 7. The van der Waals surface area contributed by atoms with Gasteiger partial charge in [0.25, 0.3) is 5.89 Å². The second-order valence-electron chi connectivity index (χ2n) is 6.74. The highest BCUT2D eigenvalue weighted by Gasteiger charge is 2.30. The predicted molar refractivity (Wildman–Crippen MR) is 108 cm³/mol. The molecule has 0 radical (unpaired) electrons. The minimum atomic E-state index is -0.710. The van der Waals surface area contributed by atoms with Crippen molar-refractivity contribution in [2.24, 2.45) is 0 Å². The molecule has 2 atom stereocenters. The van der Waals surface area contributed by atoms with Crippen LogP contribution in [0.3, 0.4) is 0 Å². The van der Waals surface area contributed by atoms with Crippen molar-refractivity contribution in [1.29, 1.82) is 0 Å². The Kier molecular flexibility index (Phi) is 5.35. The van der Waals surface area contributed by atoms with Crippen LogP contribution in [-0.4, -0.2) is 27.3 Å². The van der Waals surface area contributed by atoms with Crippen LogP contribution in [0.1, 0.15) is 30.9 Å². The average Bonchev–Trinajstić information content (AvgIpc) is 3.19. The van der Waals surface area contributed by atoms with E-state index >= 15 is 0 Å². The summed E-state index contributed by atoms with van der Waals surface area (Å²) in [6.45, 7) is 3.65. The lowest BCUT2D eigenvalue weighted by molar-refractivity contribution is -0.150. The summed E-state index contributed by atoms with van der Waals surface area (Å²) in [6, 6.07) is 15.2. The van der Waals surface area contributed by atoms with Crippen LogP contribution in [0.4, 0.5) is 5.69 Å². The molecular formula is C21H19N3O4S. The number of rotatable bonds is 5. The van der Waals surface area contributed by atoms with Crippen LogP contribution in [0.25, 0.3) is 11.5 Å². The van der Waals surface area contributed by atoms with E-state index in [1.54, 1.807) is 6.92 Å². The molecule has 8 heteroatoms. The number of aromatic nitrogens is 2. The van der Waals surface area contributed by atoms with Gasteiger partial charge in [-0.05, 0) is 38.1 Å². The third kappa shape index (κ3) is 4.32. The van der Waals surface area contributed by atoms with Gasteiger partial charge in [-0.15, -0.1) is 22.0 Å². The molecule has 0 bridgehead atoms. The van der Waals surface area contributed by atoms with Crippen molar-refractivity contribution in [3.05, 3.63) is 60.0 Å². The van der Waals surface area contributed by atoms with E-state index in [1.807, 2.05) is 55.5 Å². The summed E-state index contributed by atoms with van der Waals surface area (Å²) in [5.74, 6) is -0.140. The lowest BCUT2D eigenvalue weighted by Crippen LogP contribution is -2.31. The van der Waals surface area contributed by atoms with E-state index in [0.717, 1.165) is 21.7 Å². The second-order valence-corrected chi connectivity index (χ2v) is 7.98. The van der Waals surface area contributed by atoms with Gasteiger partial charge in [-0.25, -0.2) is 0 Å². The molecule has 148 valence electrons. The smallest absolute Gasteiger partial charge is 0.308 e. The summed E-state index contributed by atoms with van der Waals surface area (Å²) in [4.78, 5) is 25.5. The van der Waals surface area contributed by atoms with Gasteiger partial charge in [0.15, 0.2) is 6.10 Å². The first-order chi connectivity index (χ1) is 14.0. The van der Waals surface area contributed by atoms with Gasteiger partial charge < -0.3 is 14.5 Å². The number of nitrogens with one attached hydrogen (secondary N) is 1. The standard InChI is InChI=1S/C21H19N3O4S/c1-12-7-9-14(10-8-12)21-24-23-20(28-21)13(2)27-18(25)11-17-19(26)22-15-5-3-4-6-16(15)29-17/h3-10,13,17H,11H2,1-2H3,(H,22,26)/t13-,17+/m0/s1. The summed E-state index contributed by atoms with van der Waals surface area (Å²) < 4.78 is 11.1. The highest BCUT2D eigenvalue weighted by molar-refractivity contribution is 8.01. The summed E-state index contributed by atoms with van der Waals surface area (Å²) in [6.07, 6.45) is -0.758. The molecule has 0 fully saturated rings. The fourth-order valence-electron chi connectivity index (χ4n) is 2.89. The van der Waals surface area contributed by atoms with Gasteiger partial charge in [0.2, 0.25) is 11.8 Å². The summed E-state index contributed by atoms with van der Waals surface area (Å²) in [7, 11) is 0. The first kappa shape index (κ1) is 19.2. The fourth-order valence-corrected chi connectivity index (χ4v) is 3.98. The molecule has 0 spiro atoms. The molecule has 0 aliphatic carbocycles. The van der Waals surface area contributed by atoms with E-state index in [0.29, 0.717) is 5.89 Å². The van der Waals surface area contributed by atoms with Crippen molar-refractivity contribution < 1.29 is 18.7 Å². The number of benzene rings is 2. The third-order valence-electron chi connectivity index (χ3n) is 4.45. The van der Waals surface area contributed by atoms with Gasteiger partial charge in [0, 0.05) is 10.5 Å². The summed E-state index contributed by atoms with van der Waals surface area (Å²) >= 11 is 1.35. The number of esters is 1. The van der Waals surface area contributed by atoms with Crippen LogP contribution in [0.15, 0.2) is 57.8 Å². The zero-order valence-corrected chi connectivity index (χ0v) is 16.7. The molecule has 1 amide bonds. The van der Waals surface area contributed by atoms with Gasteiger partial charge in [0.05, 0.1) is 17.4 Å². The maximum absolute atomic E-state index is 12.4. The molecule has 2 heterocycles. The van der Waals surface area contributed by atoms with E-state index < -0.39 is 17.3 Å². The Hall–Kier alpha value is -3.13. The Bertz CT molecular complexity index is 1050. The molecule has 29 heavy (non-hydrogen) atoms. The van der Waals surface area contributed by atoms with Crippen molar-refractivity contribution in [3.63, 3.8) is 0 Å². The number of fused-ring (bicyclic) bond motifs is 1. The van der Waals surface area contributed by atoms with E-state index in [4.69, 9.17) is 9.15 Å². The van der Waals surface area contributed by atoms with Crippen molar-refractivity contribution in [2.45, 2.75) is 36.5 Å². The van der Waals surface area contributed by atoms with Crippen LogP contribution in [0.5, 0.6) is 0 Å². The van der Waals surface area contributed by atoms with Crippen LogP contribution in [0, 0.1) is 6.92 Å². The van der Waals surface area contributed by atoms with Gasteiger partial charge in [0.1, 0.15) is 0 Å². The Morgan fingerprint density at radius 3 is 2.76 bits per heavy atom. The Morgan fingerprint density at radius 2 is 1.97 bits per heavy atom. The van der Waals surface area contributed by atoms with Gasteiger partial charge >= 0.3 is 5.97 Å². The fraction of sp³-hybridized carbons (Fsp3) is 0.238. The lowest BCUT2D eigenvalue weighted by Gasteiger charge is -2.23. The molecule has 1 aliphatic rings. The molecule has 1 aromatic heterocycles. The maximum Gasteiger partial charge on any atom is 0.308 e. The predicted octanol–water partition coefficient (Wildman–Crippen LogP) is 4.15. The number of carbonyl (C=O) groups excluding carboxylic acids is 2. The lowest BCUT2D eigenvalue weighted by atomic mass is 10.1. The van der Waals surface area contributed by atoms with Gasteiger partial charge in [-0.1, -0.05) is 29.8 Å². The van der Waals surface area contributed by atoms with Crippen molar-refractivity contribution in [2.75, 3.05) is 5.32 Å². The number of thioether (sulfide) groups is 1. The summed E-state index contributed by atoms with van der Waals surface area (Å²) in [5, 5.41) is 10.3. The molecule has 2 aromatic carbocycles. The van der Waals surface area contributed by atoms with Crippen LogP contribution in [-0.2, 0) is 14.3 Å². The highest BCUT2D eigenvalue weighted by Crippen LogP contribution is 2.37. The van der Waals surface area contributed by atoms with Crippen LogP contribution >= 0.6 is 11.8 Å². The third-order valence-corrected chi connectivity index (χ3v) is 5.73. The Balaban J connectivity index is 1.38. The highest BCUT2D eigenvalue weighted by atomic mass is 32.2. The topological polar surface area (TPSA) is 94.3 Å².